The Balaban J connectivity index is 2.72. The molecule has 0 spiro atoms. The van der Waals surface area contributed by atoms with Gasteiger partial charge >= 0.3 is 6.03 Å². The third kappa shape index (κ3) is 2.95. The molecule has 5 nitrogen and oxygen atoms in total. The number of urea groups is 1. The van der Waals surface area contributed by atoms with Gasteiger partial charge in [-0.3, -0.25) is 0 Å². The lowest BCUT2D eigenvalue weighted by Crippen LogP contribution is -2.24. The number of nitrogens with two attached hydrogens (primary N) is 1. The van der Waals surface area contributed by atoms with E-state index in [1.165, 1.54) is 6.21 Å². The number of hydrogen-bond donors (Lipinski definition) is 2. The third-order valence-corrected chi connectivity index (χ3v) is 1.40. The molecule has 0 aliphatic rings. The normalized spacial score (nSPS) is 9.64. The lowest BCUT2D eigenvalue weighted by Gasteiger charge is -1.93. The van der Waals surface area contributed by atoms with E-state index in [4.69, 9.17) is 11.0 Å². The molecule has 3 N–H and O–H groups in total. The van der Waals surface area contributed by atoms with Gasteiger partial charge < -0.3 is 5.73 Å². The maximum atomic E-state index is 10.3. The summed E-state index contributed by atoms with van der Waals surface area (Å²) in [6, 6.07) is 8.08. The van der Waals surface area contributed by atoms with E-state index < -0.39 is 6.03 Å². The highest BCUT2D eigenvalue weighted by molar-refractivity contribution is 5.81. The molecule has 0 aliphatic carbocycles. The van der Waals surface area contributed by atoms with Crippen LogP contribution in [-0.2, 0) is 0 Å². The second-order valence-electron chi connectivity index (χ2n) is 2.47. The summed E-state index contributed by atoms with van der Waals surface area (Å²) in [7, 11) is 0. The number of nitriles is 1. The number of carbonyl (C=O) groups is 1. The van der Waals surface area contributed by atoms with Crippen molar-refractivity contribution in [3.05, 3.63) is 35.4 Å². The monoisotopic (exact) mass is 188 g/mol. The van der Waals surface area contributed by atoms with Crippen molar-refractivity contribution in [3.63, 3.8) is 0 Å². The maximum absolute atomic E-state index is 10.3. The van der Waals surface area contributed by atoms with Gasteiger partial charge in [-0.2, -0.15) is 10.4 Å². The number of nitrogens with one attached hydrogen (secondary N) is 1. The Bertz CT molecular complexity index is 406. The summed E-state index contributed by atoms with van der Waals surface area (Å²) in [5, 5.41) is 12.1. The first-order valence-corrected chi connectivity index (χ1v) is 3.81. The molecule has 0 saturated heterocycles. The Labute approximate surface area is 80.8 Å². The van der Waals surface area contributed by atoms with E-state index in [0.717, 1.165) is 5.56 Å². The molecule has 1 aromatic carbocycles. The van der Waals surface area contributed by atoms with E-state index in [-0.39, 0.29) is 0 Å². The van der Waals surface area contributed by atoms with Crippen LogP contribution in [0.1, 0.15) is 11.1 Å². The molecule has 0 saturated carbocycles. The van der Waals surface area contributed by atoms with Gasteiger partial charge in [-0.1, -0.05) is 12.1 Å². The van der Waals surface area contributed by atoms with Gasteiger partial charge in [0.25, 0.3) is 0 Å². The Morgan fingerprint density at radius 2 is 2.43 bits per heavy atom. The van der Waals surface area contributed by atoms with Gasteiger partial charge in [0.2, 0.25) is 0 Å². The summed E-state index contributed by atoms with van der Waals surface area (Å²) >= 11 is 0. The SMILES string of the molecule is N#Cc1cccc(C=NNC(N)=O)c1. The molecule has 0 atom stereocenters. The Hall–Kier alpha value is -2.35. The molecule has 1 rings (SSSR count). The van der Waals surface area contributed by atoms with Crippen LogP contribution in [-0.4, -0.2) is 12.2 Å². The quantitative estimate of drug-likeness (QED) is 0.524. The second kappa shape index (κ2) is 4.62. The lowest BCUT2D eigenvalue weighted by atomic mass is 10.1. The zero-order chi connectivity index (χ0) is 10.4. The molecular weight excluding hydrogens is 180 g/mol. The van der Waals surface area contributed by atoms with Crippen LogP contribution in [0.15, 0.2) is 29.4 Å². The number of hydrogen-bond acceptors (Lipinski definition) is 3. The van der Waals surface area contributed by atoms with Crippen molar-refractivity contribution < 1.29 is 4.79 Å². The lowest BCUT2D eigenvalue weighted by molar-refractivity contribution is 0.249. The third-order valence-electron chi connectivity index (χ3n) is 1.40. The number of hydrazone groups is 1. The largest absolute Gasteiger partial charge is 0.350 e. The first-order chi connectivity index (χ1) is 6.72. The van der Waals surface area contributed by atoms with Crippen molar-refractivity contribution in [1.82, 2.24) is 5.43 Å². The highest BCUT2D eigenvalue weighted by Crippen LogP contribution is 2.00. The minimum Gasteiger partial charge on any atom is -0.350 e. The van der Waals surface area contributed by atoms with Gasteiger partial charge in [-0.15, -0.1) is 0 Å². The van der Waals surface area contributed by atoms with E-state index in [9.17, 15) is 4.79 Å². The van der Waals surface area contributed by atoms with Crippen LogP contribution in [0.3, 0.4) is 0 Å². The van der Waals surface area contributed by atoms with Crippen molar-refractivity contribution in [3.8, 4) is 6.07 Å². The fraction of sp³-hybridized carbons (Fsp3) is 0. The zero-order valence-corrected chi connectivity index (χ0v) is 7.27. The molecule has 0 unspecified atom stereocenters. The van der Waals surface area contributed by atoms with Gasteiger partial charge in [-0.05, 0) is 17.7 Å². The van der Waals surface area contributed by atoms with Crippen LogP contribution < -0.4 is 11.2 Å². The molecule has 1 aromatic rings. The fourth-order valence-electron chi connectivity index (χ4n) is 0.859. The molecule has 0 heterocycles. The van der Waals surface area contributed by atoms with Crippen LogP contribution in [0.4, 0.5) is 4.79 Å². The summed E-state index contributed by atoms with van der Waals surface area (Å²) in [6.07, 6.45) is 1.41. The smallest absolute Gasteiger partial charge is 0.332 e. The second-order valence-corrected chi connectivity index (χ2v) is 2.47. The van der Waals surface area contributed by atoms with Crippen LogP contribution in [0, 0.1) is 11.3 Å². The van der Waals surface area contributed by atoms with Gasteiger partial charge in [0.05, 0.1) is 17.8 Å². The summed E-state index contributed by atoms with van der Waals surface area (Å²) in [5.41, 5.74) is 8.11. The predicted octanol–water partition coefficient (Wildman–Crippen LogP) is 0.560. The van der Waals surface area contributed by atoms with Crippen LogP contribution in [0.2, 0.25) is 0 Å². The molecule has 14 heavy (non-hydrogen) atoms. The fourth-order valence-corrected chi connectivity index (χ4v) is 0.859. The highest BCUT2D eigenvalue weighted by Gasteiger charge is 1.91. The molecule has 0 fully saturated rings. The summed E-state index contributed by atoms with van der Waals surface area (Å²) < 4.78 is 0. The predicted molar refractivity (Wildman–Crippen MR) is 51.5 cm³/mol. The minimum absolute atomic E-state index is 0.535. The summed E-state index contributed by atoms with van der Waals surface area (Å²) in [5.74, 6) is 0. The van der Waals surface area contributed by atoms with E-state index in [1.54, 1.807) is 24.3 Å². The Morgan fingerprint density at radius 1 is 1.64 bits per heavy atom. The van der Waals surface area contributed by atoms with Crippen LogP contribution in [0.25, 0.3) is 0 Å². The van der Waals surface area contributed by atoms with Gasteiger partial charge in [-0.25, -0.2) is 10.2 Å². The van der Waals surface area contributed by atoms with Crippen LogP contribution in [0.5, 0.6) is 0 Å². The zero-order valence-electron chi connectivity index (χ0n) is 7.27. The van der Waals surface area contributed by atoms with Crippen molar-refractivity contribution in [2.75, 3.05) is 0 Å². The number of amides is 2. The molecule has 0 radical (unpaired) electrons. The molecule has 0 aromatic heterocycles. The average molecular weight is 188 g/mol. The number of carbonyl (C=O) groups excluding carboxylic acids is 1. The van der Waals surface area contributed by atoms with Gasteiger partial charge in [0.1, 0.15) is 0 Å². The number of primary amides is 1. The minimum atomic E-state index is -0.724. The Kier molecular flexibility index (Phi) is 3.21. The maximum Gasteiger partial charge on any atom is 0.332 e. The standard InChI is InChI=1S/C9H8N4O/c10-5-7-2-1-3-8(4-7)6-12-13-9(11)14/h1-4,6H,(H3,11,13,14). The molecular formula is C9H8N4O. The number of benzene rings is 1. The first-order valence-electron chi connectivity index (χ1n) is 3.81. The van der Waals surface area contributed by atoms with Gasteiger partial charge in [0.15, 0.2) is 0 Å². The topological polar surface area (TPSA) is 91.3 Å². The van der Waals surface area contributed by atoms with Crippen molar-refractivity contribution in [1.29, 1.82) is 5.26 Å². The van der Waals surface area contributed by atoms with Crippen molar-refractivity contribution in [2.45, 2.75) is 0 Å². The van der Waals surface area contributed by atoms with E-state index in [0.29, 0.717) is 5.56 Å². The molecule has 0 bridgehead atoms. The van der Waals surface area contributed by atoms with Crippen molar-refractivity contribution >= 4 is 12.2 Å². The van der Waals surface area contributed by atoms with E-state index >= 15 is 0 Å². The first kappa shape index (κ1) is 9.74. The number of nitrogens with zero attached hydrogens (tertiary/aromatic N) is 2. The average Bonchev–Trinajstić information content (AvgIpc) is 2.18. The van der Waals surface area contributed by atoms with E-state index in [2.05, 4.69) is 10.5 Å². The molecule has 0 aliphatic heterocycles. The highest BCUT2D eigenvalue weighted by atomic mass is 16.2. The molecule has 70 valence electrons. The van der Waals surface area contributed by atoms with Crippen LogP contribution >= 0.6 is 0 Å². The van der Waals surface area contributed by atoms with Crippen molar-refractivity contribution in [2.24, 2.45) is 10.8 Å². The molecule has 2 amide bonds. The van der Waals surface area contributed by atoms with Gasteiger partial charge in [0, 0.05) is 0 Å². The summed E-state index contributed by atoms with van der Waals surface area (Å²) in [4.78, 5) is 10.3. The molecule has 5 heteroatoms. The Morgan fingerprint density at radius 3 is 3.07 bits per heavy atom. The summed E-state index contributed by atoms with van der Waals surface area (Å²) in [6.45, 7) is 0. The van der Waals surface area contributed by atoms with E-state index in [1.807, 2.05) is 6.07 Å². The number of rotatable bonds is 2.